The fourth-order valence-electron chi connectivity index (χ4n) is 2.47. The largest absolute Gasteiger partial charge is 0.388 e. The summed E-state index contributed by atoms with van der Waals surface area (Å²) in [6.07, 6.45) is -0.331. The van der Waals surface area contributed by atoms with E-state index in [1.807, 2.05) is 30.3 Å². The number of aliphatic hydroxyl groups excluding tert-OH is 1. The zero-order valence-electron chi connectivity index (χ0n) is 14.2. The Morgan fingerprint density at radius 1 is 1.24 bits per heavy atom. The highest BCUT2D eigenvalue weighted by Gasteiger charge is 2.18. The molecular weight excluding hydrogens is 322 g/mol. The molecule has 7 nitrogen and oxygen atoms in total. The van der Waals surface area contributed by atoms with Crippen LogP contribution in [0.1, 0.15) is 28.4 Å². The van der Waals surface area contributed by atoms with Gasteiger partial charge in [0.15, 0.2) is 0 Å². The normalized spacial score (nSPS) is 11.6. The van der Waals surface area contributed by atoms with Gasteiger partial charge in [-0.15, -0.1) is 0 Å². The third-order valence-corrected chi connectivity index (χ3v) is 3.81. The van der Waals surface area contributed by atoms with Gasteiger partial charge in [0.2, 0.25) is 0 Å². The van der Waals surface area contributed by atoms with Crippen LogP contribution in [0.15, 0.2) is 48.5 Å². The molecule has 2 rings (SSSR count). The molecule has 1 unspecified atom stereocenters. The number of amides is 1. The van der Waals surface area contributed by atoms with Crippen LogP contribution >= 0.6 is 0 Å². The van der Waals surface area contributed by atoms with Crippen molar-refractivity contribution in [2.45, 2.75) is 12.5 Å². The Kier molecular flexibility index (Phi) is 6.08. The van der Waals surface area contributed by atoms with Gasteiger partial charge in [-0.05, 0) is 18.1 Å². The predicted molar refractivity (Wildman–Crippen MR) is 95.8 cm³/mol. The SMILES string of the molecule is CN(C)c1ccc([N+](=O)[O-])cc1C(=O)NCCC(O)c1ccccc1. The standard InChI is InChI=1S/C18H21N3O4/c1-20(2)16-9-8-14(21(24)25)12-15(16)18(23)19-11-10-17(22)13-6-4-3-5-7-13/h3-9,12,17,22H,10-11H2,1-2H3,(H,19,23). The van der Waals surface area contributed by atoms with Gasteiger partial charge in [-0.1, -0.05) is 30.3 Å². The molecule has 0 radical (unpaired) electrons. The maximum Gasteiger partial charge on any atom is 0.270 e. The number of hydrogen-bond acceptors (Lipinski definition) is 5. The molecule has 1 atom stereocenters. The Labute approximate surface area is 146 Å². The van der Waals surface area contributed by atoms with Crippen molar-refractivity contribution in [2.75, 3.05) is 25.5 Å². The van der Waals surface area contributed by atoms with Gasteiger partial charge in [-0.25, -0.2) is 0 Å². The predicted octanol–water partition coefficient (Wildman–Crippen LogP) is 2.51. The van der Waals surface area contributed by atoms with Crippen molar-refractivity contribution in [1.82, 2.24) is 5.32 Å². The van der Waals surface area contributed by atoms with Crippen LogP contribution in [-0.2, 0) is 0 Å². The summed E-state index contributed by atoms with van der Waals surface area (Å²) in [7, 11) is 3.52. The molecule has 0 aliphatic rings. The molecule has 0 fully saturated rings. The van der Waals surface area contributed by atoms with Crippen molar-refractivity contribution in [3.63, 3.8) is 0 Å². The molecule has 0 heterocycles. The van der Waals surface area contributed by atoms with Crippen LogP contribution < -0.4 is 10.2 Å². The van der Waals surface area contributed by atoms with E-state index in [4.69, 9.17) is 0 Å². The highest BCUT2D eigenvalue weighted by molar-refractivity contribution is 6.00. The molecule has 132 valence electrons. The number of carbonyl (C=O) groups excluding carboxylic acids is 1. The van der Waals surface area contributed by atoms with Gasteiger partial charge >= 0.3 is 0 Å². The first-order valence-corrected chi connectivity index (χ1v) is 7.87. The summed E-state index contributed by atoms with van der Waals surface area (Å²) in [5.74, 6) is -0.410. The van der Waals surface area contributed by atoms with Gasteiger partial charge in [0.25, 0.3) is 11.6 Å². The Balaban J connectivity index is 2.05. The first kappa shape index (κ1) is 18.4. The van der Waals surface area contributed by atoms with Crippen molar-refractivity contribution in [2.24, 2.45) is 0 Å². The maximum atomic E-state index is 12.4. The fourth-order valence-corrected chi connectivity index (χ4v) is 2.47. The molecule has 0 saturated heterocycles. The number of nitro groups is 1. The maximum absolute atomic E-state index is 12.4. The van der Waals surface area contributed by atoms with Crippen LogP contribution in [0.25, 0.3) is 0 Å². The van der Waals surface area contributed by atoms with Crippen LogP contribution in [0.5, 0.6) is 0 Å². The van der Waals surface area contributed by atoms with E-state index in [-0.39, 0.29) is 17.8 Å². The summed E-state index contributed by atoms with van der Waals surface area (Å²) in [5.41, 5.74) is 1.46. The molecule has 0 aliphatic heterocycles. The Morgan fingerprint density at radius 3 is 2.52 bits per heavy atom. The van der Waals surface area contributed by atoms with Crippen molar-refractivity contribution in [3.8, 4) is 0 Å². The topological polar surface area (TPSA) is 95.7 Å². The molecule has 2 aromatic rings. The quantitative estimate of drug-likeness (QED) is 0.595. The summed E-state index contributed by atoms with van der Waals surface area (Å²) < 4.78 is 0. The summed E-state index contributed by atoms with van der Waals surface area (Å²) in [6, 6.07) is 13.3. The molecule has 2 aromatic carbocycles. The van der Waals surface area contributed by atoms with Crippen LogP contribution in [0.2, 0.25) is 0 Å². The van der Waals surface area contributed by atoms with Gasteiger partial charge in [0.1, 0.15) is 0 Å². The van der Waals surface area contributed by atoms with Crippen molar-refractivity contribution < 1.29 is 14.8 Å². The van der Waals surface area contributed by atoms with E-state index in [9.17, 15) is 20.0 Å². The number of nitro benzene ring substituents is 1. The number of anilines is 1. The smallest absolute Gasteiger partial charge is 0.270 e. The lowest BCUT2D eigenvalue weighted by molar-refractivity contribution is -0.384. The Hall–Kier alpha value is -2.93. The molecule has 2 N–H and O–H groups in total. The molecule has 25 heavy (non-hydrogen) atoms. The first-order valence-electron chi connectivity index (χ1n) is 7.87. The monoisotopic (exact) mass is 343 g/mol. The molecular formula is C18H21N3O4. The molecule has 1 amide bonds. The van der Waals surface area contributed by atoms with Crippen molar-refractivity contribution in [3.05, 3.63) is 69.8 Å². The van der Waals surface area contributed by atoms with E-state index in [0.29, 0.717) is 12.1 Å². The van der Waals surface area contributed by atoms with Crippen LogP contribution in [0, 0.1) is 10.1 Å². The number of hydrogen-bond donors (Lipinski definition) is 2. The second-order valence-corrected chi connectivity index (χ2v) is 5.82. The van der Waals surface area contributed by atoms with Crippen LogP contribution in [0.4, 0.5) is 11.4 Å². The first-order chi connectivity index (χ1) is 11.9. The van der Waals surface area contributed by atoms with E-state index in [0.717, 1.165) is 5.56 Å². The summed E-state index contributed by atoms with van der Waals surface area (Å²) in [6.45, 7) is 0.254. The fraction of sp³-hybridized carbons (Fsp3) is 0.278. The Morgan fingerprint density at radius 2 is 1.92 bits per heavy atom. The third-order valence-electron chi connectivity index (χ3n) is 3.81. The van der Waals surface area contributed by atoms with Gasteiger partial charge in [-0.2, -0.15) is 0 Å². The lowest BCUT2D eigenvalue weighted by Crippen LogP contribution is -2.27. The van der Waals surface area contributed by atoms with Gasteiger partial charge in [0, 0.05) is 38.5 Å². The zero-order valence-corrected chi connectivity index (χ0v) is 14.2. The minimum atomic E-state index is -0.681. The molecule has 7 heteroatoms. The second kappa shape index (κ2) is 8.25. The lowest BCUT2D eigenvalue weighted by Gasteiger charge is -2.17. The van der Waals surface area contributed by atoms with E-state index in [1.165, 1.54) is 12.1 Å². The summed E-state index contributed by atoms with van der Waals surface area (Å²) in [5, 5.41) is 23.8. The number of nitrogens with zero attached hydrogens (tertiary/aromatic N) is 2. The van der Waals surface area contributed by atoms with Crippen LogP contribution in [-0.4, -0.2) is 36.6 Å². The second-order valence-electron chi connectivity index (χ2n) is 5.82. The van der Waals surface area contributed by atoms with Gasteiger partial charge in [-0.3, -0.25) is 14.9 Å². The number of aliphatic hydroxyl groups is 1. The number of nitrogens with one attached hydrogen (secondary N) is 1. The molecule has 0 saturated carbocycles. The van der Waals surface area contributed by atoms with E-state index in [2.05, 4.69) is 5.32 Å². The average molecular weight is 343 g/mol. The number of carbonyl (C=O) groups is 1. The van der Waals surface area contributed by atoms with Gasteiger partial charge < -0.3 is 15.3 Å². The van der Waals surface area contributed by atoms with Crippen molar-refractivity contribution in [1.29, 1.82) is 0 Å². The highest BCUT2D eigenvalue weighted by Crippen LogP contribution is 2.24. The third kappa shape index (κ3) is 4.77. The summed E-state index contributed by atoms with van der Waals surface area (Å²) in [4.78, 5) is 24.6. The summed E-state index contributed by atoms with van der Waals surface area (Å²) >= 11 is 0. The molecule has 0 aliphatic carbocycles. The minimum Gasteiger partial charge on any atom is -0.388 e. The Bertz CT molecular complexity index is 747. The molecule has 0 spiro atoms. The number of rotatable bonds is 7. The highest BCUT2D eigenvalue weighted by atomic mass is 16.6. The van der Waals surface area contributed by atoms with E-state index in [1.54, 1.807) is 25.1 Å². The zero-order chi connectivity index (χ0) is 18.4. The lowest BCUT2D eigenvalue weighted by atomic mass is 10.1. The number of benzene rings is 2. The minimum absolute atomic E-state index is 0.139. The van der Waals surface area contributed by atoms with E-state index < -0.39 is 16.9 Å². The molecule has 0 aromatic heterocycles. The van der Waals surface area contributed by atoms with Gasteiger partial charge in [0.05, 0.1) is 16.6 Å². The van der Waals surface area contributed by atoms with Crippen molar-refractivity contribution >= 4 is 17.3 Å². The van der Waals surface area contributed by atoms with Crippen LogP contribution in [0.3, 0.4) is 0 Å². The number of non-ortho nitro benzene ring substituents is 1. The van der Waals surface area contributed by atoms with E-state index >= 15 is 0 Å². The molecule has 0 bridgehead atoms. The average Bonchev–Trinajstić information content (AvgIpc) is 2.61.